The summed E-state index contributed by atoms with van der Waals surface area (Å²) in [4.78, 5) is 11.6. The third-order valence-corrected chi connectivity index (χ3v) is 9.47. The Labute approximate surface area is 238 Å². The van der Waals surface area contributed by atoms with Crippen molar-refractivity contribution in [3.63, 3.8) is 0 Å². The summed E-state index contributed by atoms with van der Waals surface area (Å²) in [6.45, 7) is 2.66. The van der Waals surface area contributed by atoms with Crippen LogP contribution in [0.1, 0.15) is 36.0 Å². The molecule has 1 saturated heterocycles. The van der Waals surface area contributed by atoms with E-state index in [2.05, 4.69) is 16.0 Å². The lowest BCUT2D eigenvalue weighted by molar-refractivity contribution is -0.119. The molecule has 1 fully saturated rings. The summed E-state index contributed by atoms with van der Waals surface area (Å²) in [6.07, 6.45) is 1.30. The number of hydrogen-bond acceptors (Lipinski definition) is 6. The van der Waals surface area contributed by atoms with Crippen LogP contribution < -0.4 is 21.7 Å². The minimum atomic E-state index is -3.59. The lowest BCUT2D eigenvalue weighted by atomic mass is 9.84. The number of halogens is 3. The Morgan fingerprint density at radius 3 is 2.42 bits per heavy atom. The standard InChI is InChI=1S/C29H33ClF2N4O3S/c1-18-16-34-17-29(36-18,40(2,38)39)13-12-23-24(32)10-5-11-25(23)35-27(28(33)37)26(19-6-3-8-21(30)14-19)20-7-4-9-22(31)15-20/h3-11,14-15,18,26-27,34-36H,12-13,16-17H2,1-2H3,(H2,33,37)/t18-,26-,27-,29-/m0/s1. The number of carbonyl (C=O) groups is 1. The van der Waals surface area contributed by atoms with Gasteiger partial charge in [0.2, 0.25) is 5.91 Å². The fourth-order valence-electron chi connectivity index (χ4n) is 5.36. The molecule has 1 aliphatic rings. The Balaban J connectivity index is 1.73. The van der Waals surface area contributed by atoms with E-state index in [0.717, 1.165) is 6.26 Å². The van der Waals surface area contributed by atoms with Crippen LogP contribution in [0.4, 0.5) is 14.5 Å². The van der Waals surface area contributed by atoms with Gasteiger partial charge >= 0.3 is 0 Å². The first-order chi connectivity index (χ1) is 18.9. The number of piperazine rings is 1. The summed E-state index contributed by atoms with van der Waals surface area (Å²) in [5.41, 5.74) is 7.46. The quantitative estimate of drug-likeness (QED) is 0.284. The van der Waals surface area contributed by atoms with Crippen molar-refractivity contribution in [2.75, 3.05) is 24.7 Å². The van der Waals surface area contributed by atoms with Crippen LogP contribution in [0.2, 0.25) is 5.02 Å². The number of amides is 1. The van der Waals surface area contributed by atoms with Crippen LogP contribution in [0.25, 0.3) is 0 Å². The van der Waals surface area contributed by atoms with E-state index in [4.69, 9.17) is 17.3 Å². The van der Waals surface area contributed by atoms with E-state index < -0.39 is 44.2 Å². The number of hydrogen-bond donors (Lipinski definition) is 4. The number of sulfone groups is 1. The first-order valence-corrected chi connectivity index (χ1v) is 15.2. The molecule has 40 heavy (non-hydrogen) atoms. The molecule has 0 radical (unpaired) electrons. The molecule has 4 rings (SSSR count). The molecule has 7 nitrogen and oxygen atoms in total. The van der Waals surface area contributed by atoms with Gasteiger partial charge in [0.1, 0.15) is 22.5 Å². The van der Waals surface area contributed by atoms with E-state index in [1.165, 1.54) is 30.3 Å². The highest BCUT2D eigenvalue weighted by Gasteiger charge is 2.43. The van der Waals surface area contributed by atoms with Crippen LogP contribution in [0.5, 0.6) is 0 Å². The minimum absolute atomic E-state index is 0.0523. The molecule has 1 heterocycles. The van der Waals surface area contributed by atoms with Crippen molar-refractivity contribution >= 4 is 33.0 Å². The monoisotopic (exact) mass is 590 g/mol. The summed E-state index contributed by atoms with van der Waals surface area (Å²) >= 11 is 6.25. The highest BCUT2D eigenvalue weighted by molar-refractivity contribution is 7.92. The Morgan fingerprint density at radius 2 is 1.80 bits per heavy atom. The molecule has 1 amide bonds. The van der Waals surface area contributed by atoms with Crippen LogP contribution in [0.15, 0.2) is 66.7 Å². The number of primary amides is 1. The topological polar surface area (TPSA) is 113 Å². The van der Waals surface area contributed by atoms with E-state index in [-0.39, 0.29) is 36.7 Å². The molecule has 0 aromatic heterocycles. The van der Waals surface area contributed by atoms with Gasteiger partial charge in [-0.1, -0.05) is 41.9 Å². The number of nitrogens with one attached hydrogen (secondary N) is 3. The van der Waals surface area contributed by atoms with Crippen molar-refractivity contribution < 1.29 is 22.0 Å². The summed E-state index contributed by atoms with van der Waals surface area (Å²) in [6, 6.07) is 15.8. The lowest BCUT2D eigenvalue weighted by Crippen LogP contribution is -2.66. The second kappa shape index (κ2) is 12.2. The van der Waals surface area contributed by atoms with E-state index >= 15 is 4.39 Å². The first kappa shape index (κ1) is 29.9. The number of anilines is 1. The highest BCUT2D eigenvalue weighted by Crippen LogP contribution is 2.34. The zero-order chi connectivity index (χ0) is 29.1. The van der Waals surface area contributed by atoms with E-state index in [1.54, 1.807) is 36.4 Å². The van der Waals surface area contributed by atoms with Gasteiger partial charge in [-0.3, -0.25) is 10.1 Å². The van der Waals surface area contributed by atoms with Crippen LogP contribution in [-0.2, 0) is 21.1 Å². The SMILES string of the molecule is C[C@H]1CNC[C@](CCc2c(F)cccc2N[C@H](C(N)=O)[C@H](c2cccc(F)c2)c2cccc(Cl)c2)(S(C)(=O)=O)N1. The maximum Gasteiger partial charge on any atom is 0.240 e. The number of carbonyl (C=O) groups excluding carboxylic acids is 1. The van der Waals surface area contributed by atoms with Gasteiger partial charge in [0.05, 0.1) is 0 Å². The lowest BCUT2D eigenvalue weighted by Gasteiger charge is -2.40. The average molecular weight is 591 g/mol. The second-order valence-corrected chi connectivity index (χ2v) is 13.1. The zero-order valence-electron chi connectivity index (χ0n) is 22.3. The van der Waals surface area contributed by atoms with E-state index in [0.29, 0.717) is 22.7 Å². The predicted octanol–water partition coefficient (Wildman–Crippen LogP) is 3.97. The van der Waals surface area contributed by atoms with Crippen molar-refractivity contribution in [3.05, 3.63) is 100 Å². The molecule has 214 valence electrons. The maximum atomic E-state index is 15.3. The van der Waals surface area contributed by atoms with Gasteiger partial charge in [-0.25, -0.2) is 17.2 Å². The van der Waals surface area contributed by atoms with Gasteiger partial charge in [-0.05, 0) is 67.3 Å². The van der Waals surface area contributed by atoms with Crippen molar-refractivity contribution in [2.24, 2.45) is 5.73 Å². The zero-order valence-corrected chi connectivity index (χ0v) is 23.8. The fourth-order valence-corrected chi connectivity index (χ4v) is 6.82. The number of nitrogens with two attached hydrogens (primary N) is 1. The van der Waals surface area contributed by atoms with E-state index in [9.17, 15) is 17.6 Å². The molecule has 3 aromatic rings. The largest absolute Gasteiger partial charge is 0.373 e. The van der Waals surface area contributed by atoms with Gasteiger partial charge in [0, 0.05) is 47.6 Å². The third kappa shape index (κ3) is 6.63. The first-order valence-electron chi connectivity index (χ1n) is 12.9. The van der Waals surface area contributed by atoms with Gasteiger partial charge in [0.15, 0.2) is 9.84 Å². The Bertz CT molecular complexity index is 1440. The van der Waals surface area contributed by atoms with Gasteiger partial charge in [0.25, 0.3) is 0 Å². The fraction of sp³-hybridized carbons (Fsp3) is 0.345. The number of rotatable bonds is 10. The molecule has 0 unspecified atom stereocenters. The predicted molar refractivity (Wildman–Crippen MR) is 154 cm³/mol. The molecule has 1 aliphatic heterocycles. The van der Waals surface area contributed by atoms with Crippen molar-refractivity contribution in [1.82, 2.24) is 10.6 Å². The molecule has 5 N–H and O–H groups in total. The maximum absolute atomic E-state index is 15.3. The van der Waals surface area contributed by atoms with Gasteiger partial charge < -0.3 is 16.4 Å². The molecule has 0 bridgehead atoms. The Kier molecular flexibility index (Phi) is 9.14. The second-order valence-electron chi connectivity index (χ2n) is 10.3. The van der Waals surface area contributed by atoms with E-state index in [1.807, 2.05) is 6.92 Å². The molecular weight excluding hydrogens is 558 g/mol. The van der Waals surface area contributed by atoms with Crippen LogP contribution >= 0.6 is 11.6 Å². The van der Waals surface area contributed by atoms with Crippen LogP contribution in [0.3, 0.4) is 0 Å². The van der Waals surface area contributed by atoms with Crippen molar-refractivity contribution in [3.8, 4) is 0 Å². The normalized spacial score (nSPS) is 21.0. The summed E-state index contributed by atoms with van der Waals surface area (Å²) in [5.74, 6) is -2.56. The van der Waals surface area contributed by atoms with Gasteiger partial charge in [-0.15, -0.1) is 0 Å². The summed E-state index contributed by atoms with van der Waals surface area (Å²) < 4.78 is 55.3. The van der Waals surface area contributed by atoms with Crippen molar-refractivity contribution in [1.29, 1.82) is 0 Å². The van der Waals surface area contributed by atoms with Crippen LogP contribution in [-0.4, -0.2) is 50.6 Å². The van der Waals surface area contributed by atoms with Crippen molar-refractivity contribution in [2.45, 2.75) is 42.6 Å². The molecule has 4 atom stereocenters. The van der Waals surface area contributed by atoms with Gasteiger partial charge in [-0.2, -0.15) is 0 Å². The Hall–Kier alpha value is -3.05. The average Bonchev–Trinajstić information content (AvgIpc) is 2.87. The molecular formula is C29H33ClF2N4O3S. The molecule has 0 aliphatic carbocycles. The Morgan fingerprint density at radius 1 is 1.12 bits per heavy atom. The van der Waals surface area contributed by atoms with Crippen LogP contribution in [0, 0.1) is 11.6 Å². The smallest absolute Gasteiger partial charge is 0.240 e. The molecule has 0 saturated carbocycles. The minimum Gasteiger partial charge on any atom is -0.373 e. The summed E-state index contributed by atoms with van der Waals surface area (Å²) in [5, 5.41) is 9.87. The molecule has 11 heteroatoms. The third-order valence-electron chi connectivity index (χ3n) is 7.34. The number of benzene rings is 3. The highest BCUT2D eigenvalue weighted by atomic mass is 35.5. The summed E-state index contributed by atoms with van der Waals surface area (Å²) in [7, 11) is -3.59. The molecule has 3 aromatic carbocycles. The molecule has 0 spiro atoms.